The molecular formula is C16H20N4O2S2. The van der Waals surface area contributed by atoms with Gasteiger partial charge in [0.1, 0.15) is 0 Å². The third kappa shape index (κ3) is 6.69. The summed E-state index contributed by atoms with van der Waals surface area (Å²) in [6, 6.07) is 8.38. The lowest BCUT2D eigenvalue weighted by Crippen LogP contribution is -2.35. The van der Waals surface area contributed by atoms with Crippen LogP contribution in [0.2, 0.25) is 0 Å². The number of benzene rings is 1. The topological polar surface area (TPSA) is 83.1 Å². The van der Waals surface area contributed by atoms with E-state index in [0.29, 0.717) is 11.7 Å². The molecule has 0 aliphatic carbocycles. The van der Waals surface area contributed by atoms with Crippen molar-refractivity contribution in [2.24, 2.45) is 0 Å². The molecule has 0 fully saturated rings. The number of hydrogen-bond acceptors (Lipinski definition) is 5. The Morgan fingerprint density at radius 1 is 1.12 bits per heavy atom. The Morgan fingerprint density at radius 3 is 2.42 bits per heavy atom. The van der Waals surface area contributed by atoms with E-state index in [1.54, 1.807) is 0 Å². The van der Waals surface area contributed by atoms with Crippen LogP contribution < -0.4 is 16.2 Å². The summed E-state index contributed by atoms with van der Waals surface area (Å²) in [5.74, 6) is -0.102. The zero-order valence-electron chi connectivity index (χ0n) is 13.3. The average molecular weight is 364 g/mol. The van der Waals surface area contributed by atoms with Gasteiger partial charge in [-0.25, -0.2) is 10.4 Å². The molecule has 2 amide bonds. The minimum absolute atomic E-state index is 0.102. The number of nitrogens with zero attached hydrogens (tertiary/aromatic N) is 1. The van der Waals surface area contributed by atoms with Crippen LogP contribution in [0.4, 0.5) is 9.93 Å². The van der Waals surface area contributed by atoms with Gasteiger partial charge in [-0.1, -0.05) is 36.9 Å². The zero-order chi connectivity index (χ0) is 17.4. The number of rotatable bonds is 8. The van der Waals surface area contributed by atoms with Crippen molar-refractivity contribution in [3.8, 4) is 0 Å². The number of nitrogens with one attached hydrogen (secondary N) is 3. The predicted octanol–water partition coefficient (Wildman–Crippen LogP) is 2.57. The summed E-state index contributed by atoms with van der Waals surface area (Å²) in [5, 5.41) is 4.92. The van der Waals surface area contributed by atoms with E-state index in [1.165, 1.54) is 29.4 Å². The normalized spacial score (nSPS) is 10.4. The third-order valence-electron chi connectivity index (χ3n) is 3.26. The number of thiol groups is 1. The molecule has 0 saturated carbocycles. The summed E-state index contributed by atoms with van der Waals surface area (Å²) < 4.78 is 0. The standard InChI is InChI=1S/C16H20N4O2S2/c1-11(21)18-15-19-14(10-24-15)7-6-12-2-4-13(5-3-12)8-9-17-20-16(22)23/h2-5,10,17H,6-9H2,1H3,(H,18,19,21)(H2,20,22,23). The van der Waals surface area contributed by atoms with Gasteiger partial charge in [-0.05, 0) is 30.4 Å². The molecule has 2 rings (SSSR count). The Kier molecular flexibility index (Phi) is 7.23. The highest BCUT2D eigenvalue weighted by Crippen LogP contribution is 2.17. The molecule has 1 aromatic carbocycles. The Bertz CT molecular complexity index is 686. The Labute approximate surface area is 150 Å². The second-order valence-electron chi connectivity index (χ2n) is 5.25. The Hall–Kier alpha value is -1.90. The van der Waals surface area contributed by atoms with Crippen LogP contribution in [0.15, 0.2) is 29.6 Å². The number of thiazole rings is 1. The van der Waals surface area contributed by atoms with Crippen LogP contribution in [0.25, 0.3) is 0 Å². The van der Waals surface area contributed by atoms with E-state index in [2.05, 4.69) is 58.0 Å². The van der Waals surface area contributed by atoms with Crippen LogP contribution in [0.1, 0.15) is 23.7 Å². The van der Waals surface area contributed by atoms with Crippen molar-refractivity contribution in [2.45, 2.75) is 26.2 Å². The largest absolute Gasteiger partial charge is 0.302 e. The average Bonchev–Trinajstić information content (AvgIpc) is 2.97. The minimum Gasteiger partial charge on any atom is -0.302 e. The van der Waals surface area contributed by atoms with Crippen molar-refractivity contribution in [3.05, 3.63) is 46.5 Å². The Balaban J connectivity index is 1.76. The number of hydrogen-bond donors (Lipinski definition) is 4. The van der Waals surface area contributed by atoms with Crippen LogP contribution in [-0.4, -0.2) is 22.7 Å². The first-order valence-electron chi connectivity index (χ1n) is 7.54. The van der Waals surface area contributed by atoms with Gasteiger partial charge in [-0.3, -0.25) is 15.0 Å². The van der Waals surface area contributed by atoms with Crippen molar-refractivity contribution in [2.75, 3.05) is 11.9 Å². The lowest BCUT2D eigenvalue weighted by Gasteiger charge is -2.06. The van der Waals surface area contributed by atoms with Crippen molar-refractivity contribution < 1.29 is 9.59 Å². The van der Waals surface area contributed by atoms with Crippen LogP contribution in [0.5, 0.6) is 0 Å². The van der Waals surface area contributed by atoms with E-state index in [-0.39, 0.29) is 5.91 Å². The first-order chi connectivity index (χ1) is 11.5. The third-order valence-corrected chi connectivity index (χ3v) is 4.18. The molecule has 128 valence electrons. The van der Waals surface area contributed by atoms with Gasteiger partial charge in [0.2, 0.25) is 5.91 Å². The van der Waals surface area contributed by atoms with Gasteiger partial charge >= 0.3 is 0 Å². The maximum atomic E-state index is 11.0. The summed E-state index contributed by atoms with van der Waals surface area (Å²) in [6.45, 7) is 2.13. The minimum atomic E-state index is -0.394. The molecule has 24 heavy (non-hydrogen) atoms. The summed E-state index contributed by atoms with van der Waals surface area (Å²) in [4.78, 5) is 26.0. The molecule has 1 heterocycles. The van der Waals surface area contributed by atoms with Crippen LogP contribution in [0.3, 0.4) is 0 Å². The molecule has 3 N–H and O–H groups in total. The van der Waals surface area contributed by atoms with Crippen LogP contribution >= 0.6 is 24.0 Å². The molecule has 0 radical (unpaired) electrons. The van der Waals surface area contributed by atoms with E-state index in [1.807, 2.05) is 5.38 Å². The first kappa shape index (κ1) is 18.4. The zero-order valence-corrected chi connectivity index (χ0v) is 15.0. The molecule has 0 atom stereocenters. The first-order valence-corrected chi connectivity index (χ1v) is 8.87. The summed E-state index contributed by atoms with van der Waals surface area (Å²) in [7, 11) is 0. The van der Waals surface area contributed by atoms with Gasteiger partial charge in [0, 0.05) is 18.8 Å². The molecule has 0 unspecified atom stereocenters. The van der Waals surface area contributed by atoms with Gasteiger partial charge in [0.15, 0.2) is 5.13 Å². The second-order valence-corrected chi connectivity index (χ2v) is 6.51. The van der Waals surface area contributed by atoms with Crippen LogP contribution in [0, 0.1) is 0 Å². The van der Waals surface area contributed by atoms with Gasteiger partial charge in [0.05, 0.1) is 5.69 Å². The second kappa shape index (κ2) is 9.41. The maximum Gasteiger partial charge on any atom is 0.290 e. The fraction of sp³-hybridized carbons (Fsp3) is 0.312. The molecule has 0 spiro atoms. The molecule has 1 aromatic heterocycles. The molecule has 6 nitrogen and oxygen atoms in total. The number of hydrazine groups is 1. The number of anilines is 1. The fourth-order valence-electron chi connectivity index (χ4n) is 2.12. The predicted molar refractivity (Wildman–Crippen MR) is 99.5 cm³/mol. The highest BCUT2D eigenvalue weighted by atomic mass is 32.1. The fourth-order valence-corrected chi connectivity index (χ4v) is 2.99. The van der Waals surface area contributed by atoms with Gasteiger partial charge in [-0.15, -0.1) is 11.3 Å². The molecule has 0 aliphatic heterocycles. The number of aryl methyl sites for hydroxylation is 2. The van der Waals surface area contributed by atoms with E-state index >= 15 is 0 Å². The van der Waals surface area contributed by atoms with Crippen molar-refractivity contribution in [3.63, 3.8) is 0 Å². The summed E-state index contributed by atoms with van der Waals surface area (Å²) >= 11 is 5.05. The monoisotopic (exact) mass is 364 g/mol. The van der Waals surface area contributed by atoms with E-state index < -0.39 is 5.24 Å². The molecular weight excluding hydrogens is 344 g/mol. The highest BCUT2D eigenvalue weighted by molar-refractivity contribution is 7.96. The van der Waals surface area contributed by atoms with Gasteiger partial charge in [-0.2, -0.15) is 0 Å². The molecule has 8 heteroatoms. The molecule has 2 aromatic rings. The van der Waals surface area contributed by atoms with Crippen molar-refractivity contribution in [1.29, 1.82) is 0 Å². The lowest BCUT2D eigenvalue weighted by molar-refractivity contribution is -0.114. The summed E-state index contributed by atoms with van der Waals surface area (Å²) in [5.41, 5.74) is 8.64. The highest BCUT2D eigenvalue weighted by Gasteiger charge is 2.04. The number of carbonyl (C=O) groups excluding carboxylic acids is 2. The molecule has 0 aliphatic rings. The lowest BCUT2D eigenvalue weighted by atomic mass is 10.1. The van der Waals surface area contributed by atoms with E-state index in [4.69, 9.17) is 0 Å². The van der Waals surface area contributed by atoms with Crippen molar-refractivity contribution in [1.82, 2.24) is 15.8 Å². The van der Waals surface area contributed by atoms with Gasteiger partial charge in [0.25, 0.3) is 5.24 Å². The van der Waals surface area contributed by atoms with Gasteiger partial charge < -0.3 is 5.32 Å². The number of carbonyl (C=O) groups is 2. The number of amides is 2. The summed E-state index contributed by atoms with van der Waals surface area (Å²) in [6.07, 6.45) is 2.56. The molecule has 0 saturated heterocycles. The SMILES string of the molecule is CC(=O)Nc1nc(CCc2ccc(CCNNC(=O)S)cc2)cs1. The maximum absolute atomic E-state index is 11.0. The Morgan fingerprint density at radius 2 is 1.79 bits per heavy atom. The number of aromatic nitrogens is 1. The van der Waals surface area contributed by atoms with Crippen LogP contribution in [-0.2, 0) is 24.1 Å². The molecule has 0 bridgehead atoms. The quantitative estimate of drug-likeness (QED) is 0.330. The van der Waals surface area contributed by atoms with E-state index in [0.717, 1.165) is 25.0 Å². The van der Waals surface area contributed by atoms with Crippen molar-refractivity contribution >= 4 is 40.2 Å². The smallest absolute Gasteiger partial charge is 0.290 e. The van der Waals surface area contributed by atoms with E-state index in [9.17, 15) is 9.59 Å².